The summed E-state index contributed by atoms with van der Waals surface area (Å²) in [7, 11) is 0. The summed E-state index contributed by atoms with van der Waals surface area (Å²) in [5.41, 5.74) is 6.99. The third kappa shape index (κ3) is 1.96. The van der Waals surface area contributed by atoms with Crippen LogP contribution in [0.4, 0.5) is 5.82 Å². The number of nitrogens with two attached hydrogens (primary N) is 1. The molecule has 102 valence electrons. The van der Waals surface area contributed by atoms with Crippen molar-refractivity contribution >= 4 is 23.0 Å². The smallest absolute Gasteiger partial charge is 0.341 e. The summed E-state index contributed by atoms with van der Waals surface area (Å²) >= 11 is 0. The lowest BCUT2D eigenvalue weighted by molar-refractivity contribution is 0.0525. The summed E-state index contributed by atoms with van der Waals surface area (Å²) < 4.78 is 10.2. The molecule has 8 heteroatoms. The second kappa shape index (κ2) is 4.65. The van der Waals surface area contributed by atoms with Gasteiger partial charge >= 0.3 is 5.97 Å². The molecular weight excluding hydrogens is 262 g/mol. The SMILES string of the molecule is CCOC(=O)c1coc(-c2nc3ncnc(N)c3[nH]2)c1. The number of rotatable bonds is 3. The number of hydrogen-bond acceptors (Lipinski definition) is 7. The van der Waals surface area contributed by atoms with Crippen LogP contribution < -0.4 is 5.73 Å². The monoisotopic (exact) mass is 273 g/mol. The fourth-order valence-corrected chi connectivity index (χ4v) is 1.74. The number of nitrogens with zero attached hydrogens (tertiary/aromatic N) is 3. The summed E-state index contributed by atoms with van der Waals surface area (Å²) in [4.78, 5) is 26.6. The molecule has 0 aliphatic heterocycles. The van der Waals surface area contributed by atoms with E-state index in [0.29, 0.717) is 40.7 Å². The van der Waals surface area contributed by atoms with Crippen molar-refractivity contribution < 1.29 is 13.9 Å². The molecule has 0 saturated heterocycles. The highest BCUT2D eigenvalue weighted by Gasteiger charge is 2.16. The Kier molecular flexibility index (Phi) is 2.82. The minimum absolute atomic E-state index is 0.297. The molecule has 0 spiro atoms. The molecule has 0 atom stereocenters. The molecule has 3 heterocycles. The molecule has 8 nitrogen and oxygen atoms in total. The molecule has 0 fully saturated rings. The van der Waals surface area contributed by atoms with Crippen LogP contribution in [-0.4, -0.2) is 32.5 Å². The van der Waals surface area contributed by atoms with E-state index in [-0.39, 0.29) is 0 Å². The molecule has 3 N–H and O–H groups in total. The van der Waals surface area contributed by atoms with E-state index in [0.717, 1.165) is 0 Å². The predicted molar refractivity (Wildman–Crippen MR) is 69.8 cm³/mol. The number of imidazole rings is 1. The molecular formula is C12H11N5O3. The number of furan rings is 1. The van der Waals surface area contributed by atoms with Crippen molar-refractivity contribution in [2.75, 3.05) is 12.3 Å². The number of ether oxygens (including phenoxy) is 1. The fraction of sp³-hybridized carbons (Fsp3) is 0.167. The summed E-state index contributed by atoms with van der Waals surface area (Å²) in [5.74, 6) is 0.664. The van der Waals surface area contributed by atoms with Crippen molar-refractivity contribution in [2.24, 2.45) is 0 Å². The van der Waals surface area contributed by atoms with Gasteiger partial charge < -0.3 is 19.9 Å². The first-order valence-corrected chi connectivity index (χ1v) is 5.91. The van der Waals surface area contributed by atoms with E-state index >= 15 is 0 Å². The van der Waals surface area contributed by atoms with E-state index < -0.39 is 5.97 Å². The summed E-state index contributed by atoms with van der Waals surface area (Å²) in [5, 5.41) is 0. The van der Waals surface area contributed by atoms with E-state index in [1.807, 2.05) is 0 Å². The number of nitrogens with one attached hydrogen (secondary N) is 1. The Bertz CT molecular complexity index is 776. The molecule has 3 rings (SSSR count). The van der Waals surface area contributed by atoms with Crippen molar-refractivity contribution in [3.8, 4) is 11.6 Å². The molecule has 0 unspecified atom stereocenters. The fourth-order valence-electron chi connectivity index (χ4n) is 1.74. The summed E-state index contributed by atoms with van der Waals surface area (Å²) in [6.45, 7) is 2.04. The zero-order valence-electron chi connectivity index (χ0n) is 10.6. The van der Waals surface area contributed by atoms with E-state index in [1.165, 1.54) is 12.6 Å². The van der Waals surface area contributed by atoms with E-state index in [4.69, 9.17) is 14.9 Å². The second-order valence-electron chi connectivity index (χ2n) is 3.96. The second-order valence-corrected chi connectivity index (χ2v) is 3.96. The number of H-pyrrole nitrogens is 1. The van der Waals surface area contributed by atoms with Crippen LogP contribution >= 0.6 is 0 Å². The van der Waals surface area contributed by atoms with Crippen LogP contribution in [0.5, 0.6) is 0 Å². The third-order valence-corrected chi connectivity index (χ3v) is 2.66. The average Bonchev–Trinajstić information content (AvgIpc) is 3.06. The minimum atomic E-state index is -0.446. The topological polar surface area (TPSA) is 120 Å². The predicted octanol–water partition coefficient (Wildman–Crippen LogP) is 1.37. The molecule has 3 aromatic heterocycles. The maximum absolute atomic E-state index is 11.6. The molecule has 0 radical (unpaired) electrons. The van der Waals surface area contributed by atoms with Crippen molar-refractivity contribution in [3.63, 3.8) is 0 Å². The van der Waals surface area contributed by atoms with Crippen molar-refractivity contribution in [1.82, 2.24) is 19.9 Å². The van der Waals surface area contributed by atoms with E-state index in [1.54, 1.807) is 13.0 Å². The molecule has 3 aromatic rings. The Morgan fingerprint density at radius 3 is 3.10 bits per heavy atom. The van der Waals surface area contributed by atoms with Gasteiger partial charge in [0.2, 0.25) is 0 Å². The highest BCUT2D eigenvalue weighted by molar-refractivity contribution is 5.90. The van der Waals surface area contributed by atoms with E-state index in [2.05, 4.69) is 19.9 Å². The van der Waals surface area contributed by atoms with Gasteiger partial charge in [-0.1, -0.05) is 0 Å². The molecule has 0 amide bonds. The maximum atomic E-state index is 11.6. The molecule has 0 saturated carbocycles. The number of carbonyl (C=O) groups excluding carboxylic acids is 1. The number of anilines is 1. The number of fused-ring (bicyclic) bond motifs is 1. The van der Waals surface area contributed by atoms with Crippen LogP contribution in [0, 0.1) is 0 Å². The Morgan fingerprint density at radius 2 is 2.35 bits per heavy atom. The molecule has 20 heavy (non-hydrogen) atoms. The Hall–Kier alpha value is -2.90. The van der Waals surface area contributed by atoms with Crippen LogP contribution in [0.1, 0.15) is 17.3 Å². The Balaban J connectivity index is 1.99. The highest BCUT2D eigenvalue weighted by Crippen LogP contribution is 2.23. The Labute approximate surface area is 113 Å². The minimum Gasteiger partial charge on any atom is -0.462 e. The first-order valence-electron chi connectivity index (χ1n) is 5.91. The van der Waals surface area contributed by atoms with Gasteiger partial charge in [-0.25, -0.2) is 19.7 Å². The average molecular weight is 273 g/mol. The number of hydrogen-bond donors (Lipinski definition) is 2. The van der Waals surface area contributed by atoms with Crippen LogP contribution in [0.25, 0.3) is 22.7 Å². The standard InChI is InChI=1S/C12H11N5O3/c1-2-19-12(18)6-3-7(20-4-6)10-16-8-9(13)14-5-15-11(8)17-10/h3-5H,2H2,1H3,(H3,13,14,15,16,17). The van der Waals surface area contributed by atoms with Crippen molar-refractivity contribution in [2.45, 2.75) is 6.92 Å². The van der Waals surface area contributed by atoms with Crippen LogP contribution in [0.15, 0.2) is 23.1 Å². The van der Waals surface area contributed by atoms with Crippen LogP contribution in [-0.2, 0) is 4.74 Å². The van der Waals surface area contributed by atoms with Gasteiger partial charge in [0.1, 0.15) is 18.1 Å². The number of esters is 1. The third-order valence-electron chi connectivity index (χ3n) is 2.66. The number of aromatic amines is 1. The largest absolute Gasteiger partial charge is 0.462 e. The van der Waals surface area contributed by atoms with Gasteiger partial charge in [0, 0.05) is 6.07 Å². The maximum Gasteiger partial charge on any atom is 0.341 e. The number of carbonyl (C=O) groups is 1. The Morgan fingerprint density at radius 1 is 1.50 bits per heavy atom. The first kappa shape index (κ1) is 12.2. The van der Waals surface area contributed by atoms with Crippen molar-refractivity contribution in [1.29, 1.82) is 0 Å². The zero-order chi connectivity index (χ0) is 14.1. The van der Waals surface area contributed by atoms with Gasteiger partial charge in [-0.3, -0.25) is 0 Å². The molecule has 0 aromatic carbocycles. The molecule has 0 aliphatic carbocycles. The first-order chi connectivity index (χ1) is 9.69. The van der Waals surface area contributed by atoms with Gasteiger partial charge in [0.25, 0.3) is 0 Å². The zero-order valence-corrected chi connectivity index (χ0v) is 10.6. The normalized spacial score (nSPS) is 10.8. The van der Waals surface area contributed by atoms with Crippen LogP contribution in [0.2, 0.25) is 0 Å². The van der Waals surface area contributed by atoms with Crippen molar-refractivity contribution in [3.05, 3.63) is 24.2 Å². The molecule has 0 aliphatic rings. The van der Waals surface area contributed by atoms with Gasteiger partial charge in [-0.15, -0.1) is 0 Å². The number of nitrogen functional groups attached to an aromatic ring is 1. The lowest BCUT2D eigenvalue weighted by Crippen LogP contribution is -2.02. The van der Waals surface area contributed by atoms with Gasteiger partial charge in [0.15, 0.2) is 23.0 Å². The van der Waals surface area contributed by atoms with Crippen LogP contribution in [0.3, 0.4) is 0 Å². The molecule has 0 bridgehead atoms. The quantitative estimate of drug-likeness (QED) is 0.691. The highest BCUT2D eigenvalue weighted by atomic mass is 16.5. The summed E-state index contributed by atoms with van der Waals surface area (Å²) in [6.07, 6.45) is 2.64. The van der Waals surface area contributed by atoms with Gasteiger partial charge in [-0.2, -0.15) is 0 Å². The van der Waals surface area contributed by atoms with Gasteiger partial charge in [0.05, 0.1) is 12.2 Å². The van der Waals surface area contributed by atoms with E-state index in [9.17, 15) is 4.79 Å². The van der Waals surface area contributed by atoms with Gasteiger partial charge in [-0.05, 0) is 6.92 Å². The number of aromatic nitrogens is 4. The lowest BCUT2D eigenvalue weighted by Gasteiger charge is -1.95. The summed E-state index contributed by atoms with van der Waals surface area (Å²) in [6, 6.07) is 1.54. The lowest BCUT2D eigenvalue weighted by atomic mass is 10.3.